The molecule has 2 saturated heterocycles. The van der Waals surface area contributed by atoms with E-state index in [4.69, 9.17) is 25.9 Å². The minimum atomic E-state index is -4.79. The number of hydrogen-bond donors (Lipinski definition) is 0. The summed E-state index contributed by atoms with van der Waals surface area (Å²) in [6.07, 6.45) is -3.58. The van der Waals surface area contributed by atoms with E-state index in [0.717, 1.165) is 5.69 Å². The Morgan fingerprint density at radius 1 is 1.09 bits per heavy atom. The van der Waals surface area contributed by atoms with Crippen LogP contribution in [0.15, 0.2) is 48.5 Å². The third-order valence-electron chi connectivity index (χ3n) is 5.43. The van der Waals surface area contributed by atoms with Crippen molar-refractivity contribution in [3.63, 3.8) is 0 Å². The smallest absolute Gasteiger partial charge is 0.441 e. The number of benzene rings is 2. The van der Waals surface area contributed by atoms with Crippen molar-refractivity contribution in [1.82, 2.24) is 4.90 Å². The van der Waals surface area contributed by atoms with Gasteiger partial charge in [-0.05, 0) is 29.8 Å². The standard InChI is InChI=1S/C21H20ClF3N2O3.CO2/c22-17-7-6-15(12-18(17)29-21(23,24)25)13-26-10-8-20(9-11-26)14-27(19(28)30-20)16-4-2-1-3-5-16;2-1-3/h1-7,12H,8-11,13-14H2;. The highest BCUT2D eigenvalue weighted by atomic mass is 35.5. The molecule has 33 heavy (non-hydrogen) atoms. The lowest BCUT2D eigenvalue weighted by Gasteiger charge is -2.37. The van der Waals surface area contributed by atoms with Crippen molar-refractivity contribution >= 4 is 29.5 Å². The number of carbonyl (C=O) groups is 1. The van der Waals surface area contributed by atoms with Crippen molar-refractivity contribution in [1.29, 1.82) is 0 Å². The molecule has 176 valence electrons. The van der Waals surface area contributed by atoms with E-state index in [1.165, 1.54) is 12.1 Å². The predicted octanol–water partition coefficient (Wildman–Crippen LogP) is 4.65. The minimum Gasteiger partial charge on any atom is -0.441 e. The second-order valence-electron chi connectivity index (χ2n) is 7.64. The van der Waals surface area contributed by atoms with E-state index in [1.54, 1.807) is 11.0 Å². The van der Waals surface area contributed by atoms with Gasteiger partial charge in [-0.15, -0.1) is 13.2 Å². The highest BCUT2D eigenvalue weighted by molar-refractivity contribution is 6.32. The van der Waals surface area contributed by atoms with Gasteiger partial charge in [-0.1, -0.05) is 35.9 Å². The Bertz CT molecular complexity index is 1000. The number of likely N-dealkylation sites (tertiary alicyclic amines) is 1. The third-order valence-corrected chi connectivity index (χ3v) is 5.75. The van der Waals surface area contributed by atoms with Gasteiger partial charge in [0.05, 0.1) is 11.6 Å². The summed E-state index contributed by atoms with van der Waals surface area (Å²) in [5.41, 5.74) is 0.942. The Kier molecular flexibility index (Phi) is 7.63. The number of hydrogen-bond acceptors (Lipinski definition) is 6. The van der Waals surface area contributed by atoms with E-state index in [9.17, 15) is 18.0 Å². The molecule has 0 bridgehead atoms. The van der Waals surface area contributed by atoms with Crippen molar-refractivity contribution in [2.24, 2.45) is 0 Å². The van der Waals surface area contributed by atoms with E-state index in [0.29, 0.717) is 44.6 Å². The molecule has 7 nitrogen and oxygen atoms in total. The molecule has 2 fully saturated rings. The summed E-state index contributed by atoms with van der Waals surface area (Å²) < 4.78 is 47.3. The summed E-state index contributed by atoms with van der Waals surface area (Å²) in [5, 5.41) is -0.0902. The second-order valence-corrected chi connectivity index (χ2v) is 8.05. The Balaban J connectivity index is 0.000000968. The maximum absolute atomic E-state index is 12.5. The van der Waals surface area contributed by atoms with Gasteiger partial charge >= 0.3 is 18.6 Å². The Morgan fingerprint density at radius 2 is 1.73 bits per heavy atom. The number of piperidine rings is 1. The van der Waals surface area contributed by atoms with Crippen molar-refractivity contribution < 1.29 is 37.0 Å². The maximum atomic E-state index is 12.5. The lowest BCUT2D eigenvalue weighted by molar-refractivity contribution is -0.274. The van der Waals surface area contributed by atoms with Crippen molar-refractivity contribution in [3.05, 3.63) is 59.1 Å². The Labute approximate surface area is 192 Å². The molecule has 0 unspecified atom stereocenters. The normalized spacial score (nSPS) is 17.7. The third kappa shape index (κ3) is 6.47. The molecule has 11 heteroatoms. The monoisotopic (exact) mass is 484 g/mol. The van der Waals surface area contributed by atoms with Crippen LogP contribution in [-0.4, -0.2) is 48.7 Å². The van der Waals surface area contributed by atoms with Crippen LogP contribution >= 0.6 is 11.6 Å². The number of para-hydroxylation sites is 1. The number of nitrogens with zero attached hydrogens (tertiary/aromatic N) is 2. The van der Waals surface area contributed by atoms with Crippen molar-refractivity contribution in [2.75, 3.05) is 24.5 Å². The van der Waals surface area contributed by atoms with Crippen LogP contribution in [0, 0.1) is 0 Å². The van der Waals surface area contributed by atoms with Gasteiger partial charge in [0.15, 0.2) is 0 Å². The van der Waals surface area contributed by atoms with E-state index in [-0.39, 0.29) is 17.3 Å². The molecule has 0 aliphatic carbocycles. The lowest BCUT2D eigenvalue weighted by atomic mass is 9.91. The van der Waals surface area contributed by atoms with Crippen molar-refractivity contribution in [3.8, 4) is 5.75 Å². The van der Waals surface area contributed by atoms with Crippen molar-refractivity contribution in [2.45, 2.75) is 31.3 Å². The molecular formula is C22H20ClF3N2O5. The molecule has 2 aliphatic rings. The maximum Gasteiger partial charge on any atom is 0.573 e. The molecular weight excluding hydrogens is 465 g/mol. The highest BCUT2D eigenvalue weighted by Gasteiger charge is 2.47. The largest absolute Gasteiger partial charge is 0.573 e. The molecule has 4 rings (SSSR count). The summed E-state index contributed by atoms with van der Waals surface area (Å²) in [6, 6.07) is 13.8. The minimum absolute atomic E-state index is 0.0902. The number of alkyl halides is 3. The molecule has 0 N–H and O–H groups in total. The number of ether oxygens (including phenoxy) is 2. The first kappa shape index (κ1) is 24.6. The highest BCUT2D eigenvalue weighted by Crippen LogP contribution is 2.36. The van der Waals surface area contributed by atoms with Crippen LogP contribution in [0.2, 0.25) is 5.02 Å². The van der Waals surface area contributed by atoms with Gasteiger partial charge in [-0.2, -0.15) is 9.59 Å². The fourth-order valence-electron chi connectivity index (χ4n) is 3.92. The first-order chi connectivity index (χ1) is 15.6. The van der Waals surface area contributed by atoms with E-state index in [2.05, 4.69) is 9.64 Å². The number of rotatable bonds is 4. The molecule has 1 spiro atoms. The summed E-state index contributed by atoms with van der Waals surface area (Å²) in [7, 11) is 0. The molecule has 0 atom stereocenters. The van der Waals surface area contributed by atoms with Gasteiger partial charge in [-0.25, -0.2) is 4.79 Å². The van der Waals surface area contributed by atoms with E-state index in [1.807, 2.05) is 30.3 Å². The topological polar surface area (TPSA) is 76.2 Å². The van der Waals surface area contributed by atoms with Crippen LogP contribution in [0.3, 0.4) is 0 Å². The molecule has 2 aliphatic heterocycles. The average Bonchev–Trinajstić information content (AvgIpc) is 3.08. The molecule has 0 saturated carbocycles. The first-order valence-corrected chi connectivity index (χ1v) is 10.3. The number of carbonyl (C=O) groups excluding carboxylic acids is 3. The van der Waals surface area contributed by atoms with Gasteiger partial charge in [0, 0.05) is 38.2 Å². The first-order valence-electron chi connectivity index (χ1n) is 9.96. The van der Waals surface area contributed by atoms with Crippen LogP contribution in [0.1, 0.15) is 18.4 Å². The summed E-state index contributed by atoms with van der Waals surface area (Å²) in [6.45, 7) is 2.27. The van der Waals surface area contributed by atoms with Gasteiger partial charge in [0.1, 0.15) is 11.4 Å². The lowest BCUT2D eigenvalue weighted by Crippen LogP contribution is -2.46. The number of amides is 1. The van der Waals surface area contributed by atoms with Gasteiger partial charge in [0.2, 0.25) is 0 Å². The summed E-state index contributed by atoms with van der Waals surface area (Å²) in [5.74, 6) is -0.404. The summed E-state index contributed by atoms with van der Waals surface area (Å²) >= 11 is 5.81. The molecule has 1 amide bonds. The SMILES string of the molecule is O=C1OC2(CCN(Cc3ccc(Cl)c(OC(F)(F)F)c3)CC2)CN1c1ccccc1.O=C=O. The molecule has 2 heterocycles. The predicted molar refractivity (Wildman–Crippen MR) is 111 cm³/mol. The summed E-state index contributed by atoms with van der Waals surface area (Å²) in [4.78, 5) is 32.4. The van der Waals surface area contributed by atoms with Gasteiger partial charge < -0.3 is 9.47 Å². The van der Waals surface area contributed by atoms with Crippen LogP contribution in [0.4, 0.5) is 23.7 Å². The zero-order valence-electron chi connectivity index (χ0n) is 17.3. The van der Waals surface area contributed by atoms with Crippen LogP contribution < -0.4 is 9.64 Å². The second kappa shape index (κ2) is 10.2. The zero-order chi connectivity index (χ0) is 24.1. The Hall–Kier alpha value is -3.07. The Morgan fingerprint density at radius 3 is 2.33 bits per heavy atom. The molecule has 2 aromatic carbocycles. The number of anilines is 1. The quantitative estimate of drug-likeness (QED) is 0.629. The molecule has 0 aromatic heterocycles. The van der Waals surface area contributed by atoms with Gasteiger partial charge in [-0.3, -0.25) is 9.80 Å². The fraction of sp³-hybridized carbons (Fsp3) is 0.364. The number of halogens is 4. The van der Waals surface area contributed by atoms with Gasteiger partial charge in [0.25, 0.3) is 0 Å². The molecule has 2 aromatic rings. The van der Waals surface area contributed by atoms with E-state index >= 15 is 0 Å². The van der Waals surface area contributed by atoms with Crippen LogP contribution in [-0.2, 0) is 20.9 Å². The zero-order valence-corrected chi connectivity index (χ0v) is 18.1. The average molecular weight is 485 g/mol. The molecule has 0 radical (unpaired) electrons. The van der Waals surface area contributed by atoms with Crippen LogP contribution in [0.5, 0.6) is 5.75 Å². The fourth-order valence-corrected chi connectivity index (χ4v) is 4.07. The van der Waals surface area contributed by atoms with E-state index < -0.39 is 17.7 Å². The van der Waals surface area contributed by atoms with Crippen LogP contribution in [0.25, 0.3) is 0 Å².